The van der Waals surface area contributed by atoms with Gasteiger partial charge in [0.1, 0.15) is 0 Å². The fraction of sp³-hybridized carbons (Fsp3) is 0.579. The van der Waals surface area contributed by atoms with E-state index in [-0.39, 0.29) is 35.8 Å². The summed E-state index contributed by atoms with van der Waals surface area (Å²) in [6.07, 6.45) is 0.587. The van der Waals surface area contributed by atoms with Gasteiger partial charge in [-0.2, -0.15) is 0 Å². The molecule has 1 aromatic carbocycles. The number of hydrogen-bond donors (Lipinski definition) is 0. The van der Waals surface area contributed by atoms with Crippen molar-refractivity contribution in [1.82, 2.24) is 10.0 Å². The molecule has 0 bridgehead atoms. The molecule has 0 aromatic heterocycles. The van der Waals surface area contributed by atoms with Gasteiger partial charge in [-0.3, -0.25) is 14.6 Å². The lowest BCUT2D eigenvalue weighted by atomic mass is 10.1. The smallest absolute Gasteiger partial charge is 0.242 e. The van der Waals surface area contributed by atoms with Gasteiger partial charge in [0.15, 0.2) is 9.84 Å². The Morgan fingerprint density at radius 1 is 1.22 bits per heavy atom. The third-order valence-corrected chi connectivity index (χ3v) is 7.30. The molecule has 7 nitrogen and oxygen atoms in total. The van der Waals surface area contributed by atoms with Gasteiger partial charge in [0.05, 0.1) is 23.5 Å². The molecule has 0 radical (unpaired) electrons. The van der Waals surface area contributed by atoms with E-state index >= 15 is 0 Å². The van der Waals surface area contributed by atoms with Crippen LogP contribution >= 0.6 is 0 Å². The molecule has 3 rings (SSSR count). The maximum atomic E-state index is 13.2. The van der Waals surface area contributed by atoms with Crippen LogP contribution in [0.2, 0.25) is 0 Å². The predicted molar refractivity (Wildman–Crippen MR) is 104 cm³/mol. The summed E-state index contributed by atoms with van der Waals surface area (Å²) in [5, 5.41) is 3.19. The van der Waals surface area contributed by atoms with Gasteiger partial charge in [-0.15, -0.1) is 0 Å². The van der Waals surface area contributed by atoms with Crippen LogP contribution in [0.1, 0.15) is 24.0 Å². The molecule has 2 atom stereocenters. The monoisotopic (exact) mass is 393 g/mol. The molecule has 1 aromatic rings. The Morgan fingerprint density at radius 3 is 2.52 bits per heavy atom. The third-order valence-electron chi connectivity index (χ3n) is 5.55. The average Bonchev–Trinajstić information content (AvgIpc) is 3.12. The van der Waals surface area contributed by atoms with E-state index in [1.807, 2.05) is 32.0 Å². The van der Waals surface area contributed by atoms with Crippen molar-refractivity contribution in [1.29, 1.82) is 0 Å². The fourth-order valence-electron chi connectivity index (χ4n) is 3.99. The van der Waals surface area contributed by atoms with E-state index < -0.39 is 15.8 Å². The number of carbonyl (C=O) groups excluding carboxylic acids is 2. The van der Waals surface area contributed by atoms with Crippen molar-refractivity contribution in [3.8, 4) is 0 Å². The van der Waals surface area contributed by atoms with Crippen LogP contribution in [0, 0.1) is 19.8 Å². The van der Waals surface area contributed by atoms with Crippen LogP contribution in [0.3, 0.4) is 0 Å². The van der Waals surface area contributed by atoms with Gasteiger partial charge in [0, 0.05) is 32.7 Å². The van der Waals surface area contributed by atoms with Crippen molar-refractivity contribution >= 4 is 27.3 Å². The Morgan fingerprint density at radius 2 is 1.93 bits per heavy atom. The topological polar surface area (TPSA) is 78.0 Å². The normalized spacial score (nSPS) is 24.6. The summed E-state index contributed by atoms with van der Waals surface area (Å²) in [6.45, 7) is 4.30. The summed E-state index contributed by atoms with van der Waals surface area (Å²) in [5.74, 6) is -0.627. The predicted octanol–water partition coefficient (Wildman–Crippen LogP) is 1.15. The van der Waals surface area contributed by atoms with Gasteiger partial charge in [-0.25, -0.2) is 13.4 Å². The van der Waals surface area contributed by atoms with Crippen molar-refractivity contribution < 1.29 is 18.0 Å². The number of nitrogens with zero attached hydrogens (tertiary/aromatic N) is 3. The molecular formula is C19H27N3O4S. The van der Waals surface area contributed by atoms with Crippen LogP contribution in [0.15, 0.2) is 18.2 Å². The van der Waals surface area contributed by atoms with Crippen LogP contribution in [0.5, 0.6) is 0 Å². The highest BCUT2D eigenvalue weighted by Gasteiger charge is 2.42. The summed E-state index contributed by atoms with van der Waals surface area (Å²) >= 11 is 0. The molecule has 0 N–H and O–H groups in total. The van der Waals surface area contributed by atoms with E-state index in [0.717, 1.165) is 16.8 Å². The van der Waals surface area contributed by atoms with E-state index in [4.69, 9.17) is 0 Å². The second-order valence-electron chi connectivity index (χ2n) is 7.71. The molecule has 0 aliphatic carbocycles. The Hall–Kier alpha value is -1.93. The van der Waals surface area contributed by atoms with Crippen molar-refractivity contribution in [3.05, 3.63) is 29.3 Å². The zero-order valence-electron chi connectivity index (χ0n) is 16.3. The summed E-state index contributed by atoms with van der Waals surface area (Å²) in [7, 11) is 0.372. The first-order valence-electron chi connectivity index (χ1n) is 9.18. The minimum Gasteiger partial charge on any atom is -0.311 e. The highest BCUT2D eigenvalue weighted by Crippen LogP contribution is 2.31. The molecule has 2 amide bonds. The van der Waals surface area contributed by atoms with Crippen molar-refractivity contribution in [2.45, 2.75) is 32.7 Å². The highest BCUT2D eigenvalue weighted by molar-refractivity contribution is 7.91. The second kappa shape index (κ2) is 7.24. The molecule has 2 saturated heterocycles. The number of anilines is 1. The van der Waals surface area contributed by atoms with Gasteiger partial charge < -0.3 is 4.90 Å². The van der Waals surface area contributed by atoms with E-state index in [9.17, 15) is 18.0 Å². The van der Waals surface area contributed by atoms with Gasteiger partial charge in [-0.1, -0.05) is 12.1 Å². The van der Waals surface area contributed by atoms with Crippen LogP contribution in [-0.4, -0.2) is 68.4 Å². The lowest BCUT2D eigenvalue weighted by Gasteiger charge is -2.35. The number of carbonyl (C=O) groups is 2. The first kappa shape index (κ1) is 19.8. The number of benzene rings is 1. The molecule has 2 fully saturated rings. The molecule has 2 aliphatic rings. The largest absolute Gasteiger partial charge is 0.311 e. The van der Waals surface area contributed by atoms with E-state index in [0.29, 0.717) is 13.0 Å². The van der Waals surface area contributed by atoms with Crippen molar-refractivity contribution in [2.24, 2.45) is 5.92 Å². The first-order valence-corrected chi connectivity index (χ1v) is 11.0. The Balaban J connectivity index is 1.81. The van der Waals surface area contributed by atoms with Gasteiger partial charge in [0.25, 0.3) is 0 Å². The lowest BCUT2D eigenvalue weighted by Crippen LogP contribution is -2.52. The van der Waals surface area contributed by atoms with Gasteiger partial charge in [0.2, 0.25) is 11.8 Å². The van der Waals surface area contributed by atoms with Crippen molar-refractivity contribution in [2.75, 3.05) is 37.0 Å². The maximum Gasteiger partial charge on any atom is 0.242 e. The van der Waals surface area contributed by atoms with Crippen LogP contribution in [0.25, 0.3) is 0 Å². The molecule has 27 heavy (non-hydrogen) atoms. The highest BCUT2D eigenvalue weighted by atomic mass is 32.2. The average molecular weight is 394 g/mol. The maximum absolute atomic E-state index is 13.2. The molecule has 8 heteroatoms. The number of hydrazine groups is 1. The molecule has 2 heterocycles. The number of rotatable bonds is 4. The molecule has 2 aliphatic heterocycles. The number of hydrogen-bond acceptors (Lipinski definition) is 5. The van der Waals surface area contributed by atoms with Gasteiger partial charge >= 0.3 is 0 Å². The third kappa shape index (κ3) is 3.87. The SMILES string of the molecule is Cc1cccc(N2CC(C(=O)N(C3CCS(=O)(=O)C3)N(C)C)CC2=O)c1C. The van der Waals surface area contributed by atoms with Crippen LogP contribution in [0.4, 0.5) is 5.69 Å². The first-order chi connectivity index (χ1) is 12.6. The lowest BCUT2D eigenvalue weighted by molar-refractivity contribution is -0.153. The molecule has 148 valence electrons. The van der Waals surface area contributed by atoms with Crippen LogP contribution < -0.4 is 4.90 Å². The molecule has 2 unspecified atom stereocenters. The van der Waals surface area contributed by atoms with E-state index in [1.165, 1.54) is 5.01 Å². The zero-order chi connectivity index (χ0) is 19.9. The summed E-state index contributed by atoms with van der Waals surface area (Å²) < 4.78 is 23.7. The van der Waals surface area contributed by atoms with Crippen molar-refractivity contribution in [3.63, 3.8) is 0 Å². The quantitative estimate of drug-likeness (QED) is 0.717. The molecular weight excluding hydrogens is 366 g/mol. The Bertz CT molecular complexity index is 866. The van der Waals surface area contributed by atoms with E-state index in [1.54, 1.807) is 24.0 Å². The van der Waals surface area contributed by atoms with Gasteiger partial charge in [-0.05, 0) is 37.5 Å². The second-order valence-corrected chi connectivity index (χ2v) is 9.94. The number of aryl methyl sites for hydroxylation is 1. The Kier molecular flexibility index (Phi) is 5.31. The minimum atomic E-state index is -3.10. The molecule has 0 saturated carbocycles. The summed E-state index contributed by atoms with van der Waals surface area (Å²) in [4.78, 5) is 27.5. The summed E-state index contributed by atoms with van der Waals surface area (Å²) in [6, 6.07) is 5.45. The summed E-state index contributed by atoms with van der Waals surface area (Å²) in [5.41, 5.74) is 2.97. The number of sulfone groups is 1. The van der Waals surface area contributed by atoms with Crippen LogP contribution in [-0.2, 0) is 19.4 Å². The molecule has 0 spiro atoms. The Labute approximate surface area is 160 Å². The zero-order valence-corrected chi connectivity index (χ0v) is 17.1. The number of amides is 2. The standard InChI is InChI=1S/C19H27N3O4S/c1-13-6-5-7-17(14(13)2)21-11-15(10-18(21)23)19(24)22(20(3)4)16-8-9-27(25,26)12-16/h5-7,15-16H,8-12H2,1-4H3. The minimum absolute atomic E-state index is 0.0156. The fourth-order valence-corrected chi connectivity index (χ4v) is 5.68. The van der Waals surface area contributed by atoms with E-state index in [2.05, 4.69) is 0 Å².